The summed E-state index contributed by atoms with van der Waals surface area (Å²) in [6.07, 6.45) is 1.68. The van der Waals surface area contributed by atoms with Gasteiger partial charge in [0.25, 0.3) is 10.0 Å². The SMILES string of the molecule is C=CCNc1ccc(NS(=O)(=O)c2cc(C)c(C)cc2OC)nn1. The van der Waals surface area contributed by atoms with Gasteiger partial charge in [0.15, 0.2) is 5.82 Å². The number of nitrogens with one attached hydrogen (secondary N) is 2. The summed E-state index contributed by atoms with van der Waals surface area (Å²) in [5.41, 5.74) is 1.80. The standard InChI is InChI=1S/C16H20N4O3S/c1-5-8-17-15-6-7-16(19-18-15)20-24(21,22)14-10-12(3)11(2)9-13(14)23-4/h5-7,9-10H,1,8H2,2-4H3,(H,17,18)(H,19,20). The lowest BCUT2D eigenvalue weighted by molar-refractivity contribution is 0.402. The summed E-state index contributed by atoms with van der Waals surface area (Å²) in [6, 6.07) is 6.43. The molecular formula is C16H20N4O3S. The number of anilines is 2. The Morgan fingerprint density at radius 3 is 2.38 bits per heavy atom. The molecule has 2 N–H and O–H groups in total. The Morgan fingerprint density at radius 2 is 1.79 bits per heavy atom. The Bertz CT molecular complexity index is 833. The third kappa shape index (κ3) is 4.02. The van der Waals surface area contributed by atoms with Crippen LogP contribution in [0.25, 0.3) is 0 Å². The fourth-order valence-corrected chi connectivity index (χ4v) is 3.22. The molecular weight excluding hydrogens is 328 g/mol. The van der Waals surface area contributed by atoms with Gasteiger partial charge >= 0.3 is 0 Å². The molecule has 7 nitrogen and oxygen atoms in total. The normalized spacial score (nSPS) is 11.0. The van der Waals surface area contributed by atoms with Gasteiger partial charge in [-0.3, -0.25) is 4.72 Å². The highest BCUT2D eigenvalue weighted by Gasteiger charge is 2.21. The number of methoxy groups -OCH3 is 1. The first kappa shape index (κ1) is 17.7. The van der Waals surface area contributed by atoms with Gasteiger partial charge in [0, 0.05) is 6.54 Å². The van der Waals surface area contributed by atoms with Crippen LogP contribution < -0.4 is 14.8 Å². The highest BCUT2D eigenvalue weighted by Crippen LogP contribution is 2.28. The Hall–Kier alpha value is -2.61. The van der Waals surface area contributed by atoms with Crippen molar-refractivity contribution in [3.8, 4) is 5.75 Å². The second kappa shape index (κ2) is 7.31. The molecule has 0 spiro atoms. The second-order valence-corrected chi connectivity index (χ2v) is 6.82. The summed E-state index contributed by atoms with van der Waals surface area (Å²) in [6.45, 7) is 7.86. The molecule has 2 rings (SSSR count). The van der Waals surface area contributed by atoms with E-state index in [0.29, 0.717) is 12.4 Å². The van der Waals surface area contributed by atoms with Gasteiger partial charge in [-0.25, -0.2) is 8.42 Å². The van der Waals surface area contributed by atoms with E-state index in [1.165, 1.54) is 13.2 Å². The van der Waals surface area contributed by atoms with Crippen LogP contribution in [0.3, 0.4) is 0 Å². The summed E-state index contributed by atoms with van der Waals surface area (Å²) in [5.74, 6) is 0.934. The molecule has 0 bridgehead atoms. The highest BCUT2D eigenvalue weighted by molar-refractivity contribution is 7.92. The molecule has 128 valence electrons. The summed E-state index contributed by atoms with van der Waals surface area (Å²) in [5, 5.41) is 10.7. The molecule has 0 saturated carbocycles. The van der Waals surface area contributed by atoms with Crippen molar-refractivity contribution in [3.05, 3.63) is 48.0 Å². The molecule has 8 heteroatoms. The van der Waals surface area contributed by atoms with E-state index in [1.807, 2.05) is 13.8 Å². The first-order valence-electron chi connectivity index (χ1n) is 7.24. The van der Waals surface area contributed by atoms with Gasteiger partial charge in [-0.15, -0.1) is 16.8 Å². The molecule has 0 unspecified atom stereocenters. The maximum atomic E-state index is 12.6. The van der Waals surface area contributed by atoms with E-state index in [9.17, 15) is 8.42 Å². The summed E-state index contributed by atoms with van der Waals surface area (Å²) < 4.78 is 32.8. The van der Waals surface area contributed by atoms with Crippen LogP contribution in [0.4, 0.5) is 11.6 Å². The van der Waals surface area contributed by atoms with Gasteiger partial charge in [-0.1, -0.05) is 6.08 Å². The number of hydrogen-bond donors (Lipinski definition) is 2. The molecule has 0 aliphatic carbocycles. The lowest BCUT2D eigenvalue weighted by Gasteiger charge is -2.13. The number of hydrogen-bond acceptors (Lipinski definition) is 6. The third-order valence-electron chi connectivity index (χ3n) is 3.40. The number of sulfonamides is 1. The molecule has 24 heavy (non-hydrogen) atoms. The van der Waals surface area contributed by atoms with Crippen LogP contribution >= 0.6 is 0 Å². The van der Waals surface area contributed by atoms with Gasteiger partial charge < -0.3 is 10.1 Å². The number of aromatic nitrogens is 2. The summed E-state index contributed by atoms with van der Waals surface area (Å²) in [4.78, 5) is 0.0590. The van der Waals surface area contributed by atoms with Crippen molar-refractivity contribution in [1.29, 1.82) is 0 Å². The van der Waals surface area contributed by atoms with Gasteiger partial charge in [0.2, 0.25) is 0 Å². The van der Waals surface area contributed by atoms with Gasteiger partial charge in [0.05, 0.1) is 7.11 Å². The lowest BCUT2D eigenvalue weighted by Crippen LogP contribution is -2.16. The molecule has 0 aliphatic rings. The van der Waals surface area contributed by atoms with Crippen LogP contribution in [-0.4, -0.2) is 32.3 Å². The lowest BCUT2D eigenvalue weighted by atomic mass is 10.1. The van der Waals surface area contributed by atoms with Gasteiger partial charge in [-0.2, -0.15) is 0 Å². The topological polar surface area (TPSA) is 93.2 Å². The molecule has 2 aromatic rings. The Balaban J connectivity index is 2.28. The fourth-order valence-electron chi connectivity index (χ4n) is 1.98. The highest BCUT2D eigenvalue weighted by atomic mass is 32.2. The van der Waals surface area contributed by atoms with Crippen molar-refractivity contribution >= 4 is 21.7 Å². The monoisotopic (exact) mass is 348 g/mol. The number of aryl methyl sites for hydroxylation is 2. The molecule has 0 amide bonds. The molecule has 1 aromatic heterocycles. The largest absolute Gasteiger partial charge is 0.495 e. The van der Waals surface area contributed by atoms with Crippen LogP contribution in [-0.2, 0) is 10.0 Å². The van der Waals surface area contributed by atoms with Crippen molar-refractivity contribution in [2.45, 2.75) is 18.7 Å². The van der Waals surface area contributed by atoms with E-state index in [1.54, 1.807) is 24.3 Å². The predicted molar refractivity (Wildman–Crippen MR) is 94.0 cm³/mol. The average molecular weight is 348 g/mol. The smallest absolute Gasteiger partial charge is 0.266 e. The molecule has 0 saturated heterocycles. The molecule has 1 heterocycles. The van der Waals surface area contributed by atoms with E-state index in [0.717, 1.165) is 11.1 Å². The first-order chi connectivity index (χ1) is 11.4. The maximum Gasteiger partial charge on any atom is 0.266 e. The molecule has 1 aromatic carbocycles. The number of rotatable bonds is 7. The minimum Gasteiger partial charge on any atom is -0.495 e. The van der Waals surface area contributed by atoms with Crippen molar-refractivity contribution in [3.63, 3.8) is 0 Å². The van der Waals surface area contributed by atoms with E-state index in [-0.39, 0.29) is 16.5 Å². The fraction of sp³-hybridized carbons (Fsp3) is 0.250. The minimum absolute atomic E-state index is 0.0590. The Labute approximate surface area is 141 Å². The van der Waals surface area contributed by atoms with Gasteiger partial charge in [-0.05, 0) is 49.2 Å². The molecule has 0 atom stereocenters. The van der Waals surface area contributed by atoms with Crippen LogP contribution in [0, 0.1) is 13.8 Å². The van der Waals surface area contributed by atoms with Crippen LogP contribution in [0.2, 0.25) is 0 Å². The van der Waals surface area contributed by atoms with Crippen LogP contribution in [0.15, 0.2) is 41.8 Å². The van der Waals surface area contributed by atoms with E-state index in [4.69, 9.17) is 4.74 Å². The zero-order valence-corrected chi connectivity index (χ0v) is 14.6. The average Bonchev–Trinajstić information content (AvgIpc) is 2.56. The number of ether oxygens (including phenoxy) is 1. The van der Waals surface area contributed by atoms with Crippen molar-refractivity contribution in [1.82, 2.24) is 10.2 Å². The number of nitrogens with zero attached hydrogens (tertiary/aromatic N) is 2. The Kier molecular flexibility index (Phi) is 5.40. The minimum atomic E-state index is -3.84. The summed E-state index contributed by atoms with van der Waals surface area (Å²) in [7, 11) is -2.41. The van der Waals surface area contributed by atoms with E-state index in [2.05, 4.69) is 26.8 Å². The predicted octanol–water partition coefficient (Wildman–Crippen LogP) is 2.50. The van der Waals surface area contributed by atoms with Gasteiger partial charge in [0.1, 0.15) is 16.5 Å². The number of benzene rings is 1. The molecule has 0 radical (unpaired) electrons. The van der Waals surface area contributed by atoms with Crippen molar-refractivity contribution in [2.24, 2.45) is 0 Å². The van der Waals surface area contributed by atoms with E-state index >= 15 is 0 Å². The van der Waals surface area contributed by atoms with Crippen LogP contribution in [0.1, 0.15) is 11.1 Å². The first-order valence-corrected chi connectivity index (χ1v) is 8.72. The maximum absolute atomic E-state index is 12.6. The quantitative estimate of drug-likeness (QED) is 0.747. The van der Waals surface area contributed by atoms with E-state index < -0.39 is 10.0 Å². The summed E-state index contributed by atoms with van der Waals surface area (Å²) >= 11 is 0. The molecule has 0 fully saturated rings. The van der Waals surface area contributed by atoms with Crippen LogP contribution in [0.5, 0.6) is 5.75 Å². The van der Waals surface area contributed by atoms with Crippen molar-refractivity contribution < 1.29 is 13.2 Å². The zero-order chi connectivity index (χ0) is 17.7. The zero-order valence-electron chi connectivity index (χ0n) is 13.8. The van der Waals surface area contributed by atoms with Crippen molar-refractivity contribution in [2.75, 3.05) is 23.7 Å². The second-order valence-electron chi connectivity index (χ2n) is 5.17. The Morgan fingerprint density at radius 1 is 1.17 bits per heavy atom. The molecule has 0 aliphatic heterocycles. The third-order valence-corrected chi connectivity index (χ3v) is 4.78.